The van der Waals surface area contributed by atoms with Crippen molar-refractivity contribution in [1.82, 2.24) is 0 Å². The van der Waals surface area contributed by atoms with Crippen LogP contribution in [0.25, 0.3) is 0 Å². The molecule has 8 heteroatoms. The lowest BCUT2D eigenvalue weighted by molar-refractivity contribution is -0.117. The van der Waals surface area contributed by atoms with Gasteiger partial charge in [-0.3, -0.25) is 9.59 Å². The molecule has 0 bridgehead atoms. The van der Waals surface area contributed by atoms with Crippen molar-refractivity contribution in [2.75, 3.05) is 16.8 Å². The molecule has 0 fully saturated rings. The normalized spacial score (nSPS) is 12.8. The number of hydrogen-bond acceptors (Lipinski definition) is 4. The van der Waals surface area contributed by atoms with Crippen LogP contribution in [0, 0.1) is 0 Å². The highest BCUT2D eigenvalue weighted by molar-refractivity contribution is 7.99. The van der Waals surface area contributed by atoms with Gasteiger partial charge in [-0.15, -0.1) is 11.3 Å². The number of rotatable bonds is 6. The zero-order valence-corrected chi connectivity index (χ0v) is 17.4. The molecule has 3 aromatic rings. The summed E-state index contributed by atoms with van der Waals surface area (Å²) in [4.78, 5) is 27.5. The Kier molecular flexibility index (Phi) is 6.15. The lowest BCUT2D eigenvalue weighted by Crippen LogP contribution is -2.30. The Balaban J connectivity index is 1.38. The third kappa shape index (κ3) is 4.55. The first kappa shape index (κ1) is 20.6. The van der Waals surface area contributed by atoms with E-state index in [-0.39, 0.29) is 22.1 Å². The number of benzene rings is 2. The van der Waals surface area contributed by atoms with Crippen molar-refractivity contribution in [3.63, 3.8) is 0 Å². The van der Waals surface area contributed by atoms with Gasteiger partial charge in [0.25, 0.3) is 11.7 Å². The van der Waals surface area contributed by atoms with Crippen LogP contribution in [0.3, 0.4) is 0 Å². The summed E-state index contributed by atoms with van der Waals surface area (Å²) in [7, 11) is 0. The second-order valence-corrected chi connectivity index (χ2v) is 8.69. The molecule has 0 saturated carbocycles. The Morgan fingerprint density at radius 2 is 1.87 bits per heavy atom. The Morgan fingerprint density at radius 3 is 2.63 bits per heavy atom. The molecule has 0 unspecified atom stereocenters. The summed E-state index contributed by atoms with van der Waals surface area (Å²) in [5, 5.41) is 4.34. The molecule has 0 saturated heterocycles. The van der Waals surface area contributed by atoms with E-state index in [9.17, 15) is 18.4 Å². The number of hydrogen-bond donors (Lipinski definition) is 1. The maximum atomic E-state index is 12.7. The predicted molar refractivity (Wildman–Crippen MR) is 117 cm³/mol. The van der Waals surface area contributed by atoms with E-state index in [0.717, 1.165) is 29.0 Å². The summed E-state index contributed by atoms with van der Waals surface area (Å²) in [6.07, 6.45) is 1.13. The van der Waals surface area contributed by atoms with E-state index in [4.69, 9.17) is 0 Å². The van der Waals surface area contributed by atoms with Crippen LogP contribution in [0.1, 0.15) is 20.8 Å². The van der Waals surface area contributed by atoms with Gasteiger partial charge in [0.05, 0.1) is 6.42 Å². The average Bonchev–Trinajstić information content (AvgIpc) is 3.36. The molecule has 2 amide bonds. The van der Waals surface area contributed by atoms with Gasteiger partial charge in [0.2, 0.25) is 5.91 Å². The van der Waals surface area contributed by atoms with Gasteiger partial charge in [-0.25, -0.2) is 0 Å². The van der Waals surface area contributed by atoms with Crippen LogP contribution in [0.5, 0.6) is 0 Å². The Hall–Kier alpha value is -2.71. The summed E-state index contributed by atoms with van der Waals surface area (Å²) in [6.45, 7) is 0.687. The number of thiophene rings is 1. The summed E-state index contributed by atoms with van der Waals surface area (Å²) in [5.41, 5.74) is 3.54. The number of thioether (sulfide) groups is 1. The first-order valence-electron chi connectivity index (χ1n) is 9.32. The minimum absolute atomic E-state index is 0.0315. The van der Waals surface area contributed by atoms with Gasteiger partial charge < -0.3 is 10.2 Å². The number of nitrogens with one attached hydrogen (secondary N) is 1. The minimum Gasteiger partial charge on any atom is -0.321 e. The molecule has 0 spiro atoms. The highest BCUT2D eigenvalue weighted by atomic mass is 32.2. The van der Waals surface area contributed by atoms with Crippen LogP contribution >= 0.6 is 23.1 Å². The SMILES string of the molecule is O=C(Nc1ccc(CC(=O)N2CCc3ccccc32)cc1)c1sccc1SC(F)F. The second-order valence-electron chi connectivity index (χ2n) is 6.74. The van der Waals surface area contributed by atoms with E-state index in [1.807, 2.05) is 29.2 Å². The molecule has 1 aliphatic rings. The van der Waals surface area contributed by atoms with Crippen LogP contribution in [-0.2, 0) is 17.6 Å². The number of nitrogens with zero attached hydrogens (tertiary/aromatic N) is 1. The molecule has 1 aromatic heterocycles. The van der Waals surface area contributed by atoms with Gasteiger partial charge in [-0.05, 0) is 47.2 Å². The number of anilines is 2. The third-order valence-electron chi connectivity index (χ3n) is 4.81. The molecule has 30 heavy (non-hydrogen) atoms. The van der Waals surface area contributed by atoms with E-state index >= 15 is 0 Å². The van der Waals surface area contributed by atoms with E-state index < -0.39 is 11.7 Å². The fraction of sp³-hybridized carbons (Fsp3) is 0.182. The first-order valence-corrected chi connectivity index (χ1v) is 11.1. The maximum Gasteiger partial charge on any atom is 0.288 e. The average molecular weight is 445 g/mol. The van der Waals surface area contributed by atoms with E-state index in [0.29, 0.717) is 24.0 Å². The summed E-state index contributed by atoms with van der Waals surface area (Å²) in [6, 6.07) is 16.4. The molecule has 4 nitrogen and oxygen atoms in total. The highest BCUT2D eigenvalue weighted by Crippen LogP contribution is 2.32. The molecular formula is C22H18F2N2O2S2. The number of amides is 2. The topological polar surface area (TPSA) is 49.4 Å². The molecule has 0 atom stereocenters. The van der Waals surface area contributed by atoms with Crippen LogP contribution in [0.2, 0.25) is 0 Å². The first-order chi connectivity index (χ1) is 14.5. The molecule has 2 aromatic carbocycles. The fourth-order valence-corrected chi connectivity index (χ4v) is 5.01. The largest absolute Gasteiger partial charge is 0.321 e. The molecule has 0 aliphatic carbocycles. The van der Waals surface area contributed by atoms with Crippen LogP contribution in [-0.4, -0.2) is 24.1 Å². The summed E-state index contributed by atoms with van der Waals surface area (Å²) in [5.74, 6) is -2.97. The van der Waals surface area contributed by atoms with Crippen LogP contribution < -0.4 is 10.2 Å². The Labute approximate surface area is 180 Å². The molecule has 2 heterocycles. The van der Waals surface area contributed by atoms with Crippen molar-refractivity contribution in [3.05, 3.63) is 76.0 Å². The maximum absolute atomic E-state index is 12.7. The molecule has 154 valence electrons. The van der Waals surface area contributed by atoms with Gasteiger partial charge >= 0.3 is 0 Å². The zero-order valence-electron chi connectivity index (χ0n) is 15.8. The standard InChI is InChI=1S/C22H18F2N2O2S2/c23-22(24)30-18-10-12-29-20(18)21(28)25-16-7-5-14(6-8-16)13-19(27)26-11-9-15-3-1-2-4-17(15)26/h1-8,10,12,22H,9,11,13H2,(H,25,28). The Bertz CT molecular complexity index is 1070. The number of para-hydroxylation sites is 1. The highest BCUT2D eigenvalue weighted by Gasteiger charge is 2.24. The van der Waals surface area contributed by atoms with E-state index in [1.165, 1.54) is 11.6 Å². The molecule has 1 N–H and O–H groups in total. The van der Waals surface area contributed by atoms with Gasteiger partial charge in [0, 0.05) is 22.8 Å². The quantitative estimate of drug-likeness (QED) is 0.515. The van der Waals surface area contributed by atoms with Gasteiger partial charge in [0.1, 0.15) is 4.88 Å². The molecule has 4 rings (SSSR count). The number of fused-ring (bicyclic) bond motifs is 1. The fourth-order valence-electron chi connectivity index (χ4n) is 3.41. The van der Waals surface area contributed by atoms with Gasteiger partial charge in [-0.2, -0.15) is 8.78 Å². The molecule has 0 radical (unpaired) electrons. The Morgan fingerprint density at radius 1 is 1.10 bits per heavy atom. The monoisotopic (exact) mass is 444 g/mol. The zero-order chi connectivity index (χ0) is 21.1. The van der Waals surface area contributed by atoms with Gasteiger partial charge in [-0.1, -0.05) is 42.1 Å². The van der Waals surface area contributed by atoms with Crippen LogP contribution in [0.4, 0.5) is 20.2 Å². The number of halogens is 2. The second kappa shape index (κ2) is 8.97. The number of carbonyl (C=O) groups is 2. The smallest absolute Gasteiger partial charge is 0.288 e. The molecule has 1 aliphatic heterocycles. The van der Waals surface area contributed by atoms with Crippen molar-refractivity contribution in [3.8, 4) is 0 Å². The van der Waals surface area contributed by atoms with Crippen LogP contribution in [0.15, 0.2) is 64.9 Å². The van der Waals surface area contributed by atoms with Gasteiger partial charge in [0.15, 0.2) is 0 Å². The van der Waals surface area contributed by atoms with E-state index in [2.05, 4.69) is 5.32 Å². The van der Waals surface area contributed by atoms with Crippen molar-refractivity contribution >= 4 is 46.3 Å². The van der Waals surface area contributed by atoms with Crippen molar-refractivity contribution in [1.29, 1.82) is 0 Å². The third-order valence-corrected chi connectivity index (χ3v) is 6.62. The lowest BCUT2D eigenvalue weighted by atomic mass is 10.1. The molecular weight excluding hydrogens is 426 g/mol. The number of alkyl halides is 2. The van der Waals surface area contributed by atoms with Crippen molar-refractivity contribution in [2.24, 2.45) is 0 Å². The van der Waals surface area contributed by atoms with Crippen molar-refractivity contribution in [2.45, 2.75) is 23.5 Å². The predicted octanol–water partition coefficient (Wildman–Crippen LogP) is 5.45. The van der Waals surface area contributed by atoms with E-state index in [1.54, 1.807) is 29.6 Å². The van der Waals surface area contributed by atoms with Crippen molar-refractivity contribution < 1.29 is 18.4 Å². The minimum atomic E-state index is -2.58. The lowest BCUT2D eigenvalue weighted by Gasteiger charge is -2.17. The number of carbonyl (C=O) groups excluding carboxylic acids is 2. The summed E-state index contributed by atoms with van der Waals surface area (Å²) < 4.78 is 25.2. The summed E-state index contributed by atoms with van der Waals surface area (Å²) >= 11 is 1.48.